The molecule has 1 N–H and O–H groups in total. The normalized spacial score (nSPS) is 10.4. The smallest absolute Gasteiger partial charge is 0.266 e. The molecule has 0 aliphatic rings. The molecule has 0 bridgehead atoms. The molecule has 0 aliphatic heterocycles. The second-order valence-corrected chi connectivity index (χ2v) is 3.19. The standard InChI is InChI=1S/C8H7NO2S/c1-11-6-4-2-3-5-7(6)12-9-8(5)10/h2-4H,1H3,(H,9,10). The third-order valence-electron chi connectivity index (χ3n) is 1.69. The Morgan fingerprint density at radius 1 is 1.50 bits per heavy atom. The van der Waals surface area contributed by atoms with Crippen molar-refractivity contribution in [3.05, 3.63) is 28.6 Å². The molecule has 1 aromatic heterocycles. The lowest BCUT2D eigenvalue weighted by Crippen LogP contribution is -1.95. The highest BCUT2D eigenvalue weighted by molar-refractivity contribution is 7.13. The summed E-state index contributed by atoms with van der Waals surface area (Å²) in [5, 5.41) is 0.694. The van der Waals surface area contributed by atoms with Crippen LogP contribution in [-0.2, 0) is 0 Å². The minimum atomic E-state index is -0.0473. The summed E-state index contributed by atoms with van der Waals surface area (Å²) >= 11 is 1.30. The molecule has 0 atom stereocenters. The van der Waals surface area contributed by atoms with Crippen LogP contribution in [0.3, 0.4) is 0 Å². The van der Waals surface area contributed by atoms with Gasteiger partial charge in [0.1, 0.15) is 5.75 Å². The van der Waals surface area contributed by atoms with Crippen LogP contribution in [-0.4, -0.2) is 11.5 Å². The van der Waals surface area contributed by atoms with Crippen molar-refractivity contribution in [1.29, 1.82) is 0 Å². The number of H-pyrrole nitrogens is 1. The molecule has 0 amide bonds. The monoisotopic (exact) mass is 181 g/mol. The molecule has 0 spiro atoms. The molecule has 0 fully saturated rings. The van der Waals surface area contributed by atoms with Gasteiger partial charge in [-0.15, -0.1) is 0 Å². The number of benzene rings is 1. The van der Waals surface area contributed by atoms with Crippen molar-refractivity contribution in [3.63, 3.8) is 0 Å². The van der Waals surface area contributed by atoms with E-state index >= 15 is 0 Å². The molecule has 3 nitrogen and oxygen atoms in total. The van der Waals surface area contributed by atoms with Gasteiger partial charge in [0.2, 0.25) is 0 Å². The summed E-state index contributed by atoms with van der Waals surface area (Å²) < 4.78 is 8.63. The van der Waals surface area contributed by atoms with E-state index in [1.54, 1.807) is 13.2 Å². The van der Waals surface area contributed by atoms with E-state index < -0.39 is 0 Å². The first-order valence-corrected chi connectivity index (χ1v) is 4.29. The zero-order valence-corrected chi connectivity index (χ0v) is 7.27. The minimum Gasteiger partial charge on any atom is -0.495 e. The first-order chi connectivity index (χ1) is 5.83. The highest BCUT2D eigenvalue weighted by Crippen LogP contribution is 2.25. The Kier molecular flexibility index (Phi) is 1.62. The number of hydrogen-bond donors (Lipinski definition) is 1. The van der Waals surface area contributed by atoms with Crippen LogP contribution in [0.2, 0.25) is 0 Å². The van der Waals surface area contributed by atoms with Gasteiger partial charge in [-0.05, 0) is 12.1 Å². The quantitative estimate of drug-likeness (QED) is 0.726. The van der Waals surface area contributed by atoms with Gasteiger partial charge < -0.3 is 4.74 Å². The Balaban J connectivity index is 2.90. The lowest BCUT2D eigenvalue weighted by molar-refractivity contribution is 0.420. The van der Waals surface area contributed by atoms with Crippen LogP contribution in [0.15, 0.2) is 23.0 Å². The fraction of sp³-hybridized carbons (Fsp3) is 0.125. The molecule has 0 radical (unpaired) electrons. The predicted octanol–water partition coefficient (Wildman–Crippen LogP) is 1.60. The summed E-state index contributed by atoms with van der Waals surface area (Å²) in [5.74, 6) is 0.746. The molecule has 0 saturated carbocycles. The molecule has 12 heavy (non-hydrogen) atoms. The Morgan fingerprint density at radius 3 is 3.08 bits per heavy atom. The molecule has 4 heteroatoms. The number of nitrogens with one attached hydrogen (secondary N) is 1. The maximum Gasteiger partial charge on any atom is 0.266 e. The van der Waals surface area contributed by atoms with Crippen molar-refractivity contribution in [1.82, 2.24) is 4.37 Å². The molecule has 2 rings (SSSR count). The molecular formula is C8H7NO2S. The Bertz CT molecular complexity index is 457. The average molecular weight is 181 g/mol. The molecule has 0 unspecified atom stereocenters. The molecule has 0 aliphatic carbocycles. The first-order valence-electron chi connectivity index (χ1n) is 3.47. The number of ether oxygens (including phenoxy) is 1. The van der Waals surface area contributed by atoms with E-state index in [0.717, 1.165) is 10.4 Å². The van der Waals surface area contributed by atoms with Gasteiger partial charge in [-0.25, -0.2) is 0 Å². The van der Waals surface area contributed by atoms with Crippen LogP contribution in [0.25, 0.3) is 10.1 Å². The summed E-state index contributed by atoms with van der Waals surface area (Å²) in [6.07, 6.45) is 0. The molecular weight excluding hydrogens is 174 g/mol. The lowest BCUT2D eigenvalue weighted by atomic mass is 10.2. The lowest BCUT2D eigenvalue weighted by Gasteiger charge is -1.97. The van der Waals surface area contributed by atoms with Gasteiger partial charge in [-0.1, -0.05) is 17.6 Å². The summed E-state index contributed by atoms with van der Waals surface area (Å²) in [7, 11) is 1.60. The van der Waals surface area contributed by atoms with Gasteiger partial charge in [0, 0.05) is 0 Å². The number of fused-ring (bicyclic) bond motifs is 1. The van der Waals surface area contributed by atoms with E-state index in [1.165, 1.54) is 11.5 Å². The molecule has 2 aromatic rings. The topological polar surface area (TPSA) is 42.1 Å². The minimum absolute atomic E-state index is 0.0473. The SMILES string of the molecule is COc1cccc2c(=O)[nH]sc12. The predicted molar refractivity (Wildman–Crippen MR) is 49.0 cm³/mol. The van der Waals surface area contributed by atoms with Crippen LogP contribution in [0.5, 0.6) is 5.75 Å². The molecule has 0 saturated heterocycles. The Hall–Kier alpha value is -1.29. The highest BCUT2D eigenvalue weighted by Gasteiger charge is 2.04. The molecule has 1 heterocycles. The summed E-state index contributed by atoms with van der Waals surface area (Å²) in [4.78, 5) is 11.1. The van der Waals surface area contributed by atoms with E-state index in [9.17, 15) is 4.79 Å². The number of methoxy groups -OCH3 is 1. The van der Waals surface area contributed by atoms with E-state index in [2.05, 4.69) is 4.37 Å². The Labute approximate surface area is 72.8 Å². The zero-order valence-electron chi connectivity index (χ0n) is 6.46. The van der Waals surface area contributed by atoms with Crippen LogP contribution in [0, 0.1) is 0 Å². The van der Waals surface area contributed by atoms with Crippen molar-refractivity contribution in [2.45, 2.75) is 0 Å². The number of aromatic amines is 1. The first kappa shape index (κ1) is 7.36. The number of rotatable bonds is 1. The van der Waals surface area contributed by atoms with E-state index in [1.807, 2.05) is 12.1 Å². The van der Waals surface area contributed by atoms with E-state index in [-0.39, 0.29) is 5.56 Å². The van der Waals surface area contributed by atoms with Gasteiger partial charge >= 0.3 is 0 Å². The largest absolute Gasteiger partial charge is 0.495 e. The van der Waals surface area contributed by atoms with Crippen LogP contribution in [0.4, 0.5) is 0 Å². The fourth-order valence-electron chi connectivity index (χ4n) is 1.11. The molecule has 1 aromatic carbocycles. The van der Waals surface area contributed by atoms with Gasteiger partial charge in [0.05, 0.1) is 17.2 Å². The van der Waals surface area contributed by atoms with Crippen molar-refractivity contribution < 1.29 is 4.74 Å². The Morgan fingerprint density at radius 2 is 2.33 bits per heavy atom. The molecule has 62 valence electrons. The van der Waals surface area contributed by atoms with E-state index in [0.29, 0.717) is 5.39 Å². The van der Waals surface area contributed by atoms with Crippen molar-refractivity contribution >= 4 is 21.6 Å². The van der Waals surface area contributed by atoms with Crippen LogP contribution >= 0.6 is 11.5 Å². The van der Waals surface area contributed by atoms with Gasteiger partial charge in [-0.2, -0.15) is 0 Å². The van der Waals surface area contributed by atoms with Crippen molar-refractivity contribution in [3.8, 4) is 5.75 Å². The third kappa shape index (κ3) is 0.921. The fourth-order valence-corrected chi connectivity index (χ4v) is 1.94. The second kappa shape index (κ2) is 2.64. The maximum absolute atomic E-state index is 11.1. The maximum atomic E-state index is 11.1. The average Bonchev–Trinajstić information content (AvgIpc) is 2.48. The van der Waals surface area contributed by atoms with Gasteiger partial charge in [0.25, 0.3) is 5.56 Å². The summed E-state index contributed by atoms with van der Waals surface area (Å²) in [6, 6.07) is 5.43. The second-order valence-electron chi connectivity index (χ2n) is 2.37. The van der Waals surface area contributed by atoms with Gasteiger partial charge in [-0.3, -0.25) is 9.17 Å². The zero-order chi connectivity index (χ0) is 8.55. The highest BCUT2D eigenvalue weighted by atomic mass is 32.1. The summed E-state index contributed by atoms with van der Waals surface area (Å²) in [5.41, 5.74) is -0.0473. The van der Waals surface area contributed by atoms with E-state index in [4.69, 9.17) is 4.74 Å². The van der Waals surface area contributed by atoms with Crippen molar-refractivity contribution in [2.75, 3.05) is 7.11 Å². The van der Waals surface area contributed by atoms with Crippen LogP contribution in [0.1, 0.15) is 0 Å². The van der Waals surface area contributed by atoms with Crippen molar-refractivity contribution in [2.24, 2.45) is 0 Å². The number of hydrogen-bond acceptors (Lipinski definition) is 3. The van der Waals surface area contributed by atoms with Crippen LogP contribution < -0.4 is 10.3 Å². The summed E-state index contributed by atoms with van der Waals surface area (Å²) in [6.45, 7) is 0. The third-order valence-corrected chi connectivity index (χ3v) is 2.60. The number of aromatic nitrogens is 1. The van der Waals surface area contributed by atoms with Gasteiger partial charge in [0.15, 0.2) is 0 Å².